The summed E-state index contributed by atoms with van der Waals surface area (Å²) >= 11 is 5.62. The van der Waals surface area contributed by atoms with Crippen LogP contribution in [0.4, 0.5) is 5.69 Å². The standard InChI is InChI=1S/C13H20ClNO2S/c1-10(2)12-4-6-13(7-5-12)15-18(16,17)9-11(3)8-14/h4-7,10-11,15H,8-9H2,1-3H3. The van der Waals surface area contributed by atoms with Crippen molar-refractivity contribution in [2.45, 2.75) is 26.7 Å². The van der Waals surface area contributed by atoms with Gasteiger partial charge in [0.05, 0.1) is 5.75 Å². The molecule has 0 saturated carbocycles. The van der Waals surface area contributed by atoms with Gasteiger partial charge in [0.1, 0.15) is 0 Å². The summed E-state index contributed by atoms with van der Waals surface area (Å²) in [5.41, 5.74) is 1.79. The second-order valence-electron chi connectivity index (χ2n) is 4.92. The summed E-state index contributed by atoms with van der Waals surface area (Å²) in [5, 5.41) is 0. The molecule has 1 rings (SSSR count). The molecule has 0 aromatic heterocycles. The van der Waals surface area contributed by atoms with Crippen LogP contribution in [0.25, 0.3) is 0 Å². The summed E-state index contributed by atoms with van der Waals surface area (Å²) in [4.78, 5) is 0. The van der Waals surface area contributed by atoms with E-state index in [1.807, 2.05) is 19.1 Å². The van der Waals surface area contributed by atoms with Crippen molar-refractivity contribution < 1.29 is 8.42 Å². The number of nitrogens with one attached hydrogen (secondary N) is 1. The summed E-state index contributed by atoms with van der Waals surface area (Å²) in [5.74, 6) is 0.765. The molecule has 0 aliphatic heterocycles. The van der Waals surface area contributed by atoms with Crippen LogP contribution in [0.15, 0.2) is 24.3 Å². The Hall–Kier alpha value is -0.740. The normalized spacial score (nSPS) is 13.6. The average Bonchev–Trinajstić information content (AvgIpc) is 2.28. The second-order valence-corrected chi connectivity index (χ2v) is 7.00. The number of hydrogen-bond donors (Lipinski definition) is 1. The van der Waals surface area contributed by atoms with E-state index >= 15 is 0 Å². The Morgan fingerprint density at radius 3 is 2.17 bits per heavy atom. The minimum atomic E-state index is -3.31. The first-order chi connectivity index (χ1) is 8.34. The minimum absolute atomic E-state index is 0.0441. The first-order valence-electron chi connectivity index (χ1n) is 6.00. The SMILES string of the molecule is CC(CCl)CS(=O)(=O)Nc1ccc(C(C)C)cc1. The second kappa shape index (κ2) is 6.43. The van der Waals surface area contributed by atoms with Gasteiger partial charge in [-0.2, -0.15) is 0 Å². The molecule has 1 N–H and O–H groups in total. The highest BCUT2D eigenvalue weighted by molar-refractivity contribution is 7.92. The Kier molecular flexibility index (Phi) is 5.47. The Balaban J connectivity index is 2.72. The van der Waals surface area contributed by atoms with Gasteiger partial charge in [-0.3, -0.25) is 4.72 Å². The van der Waals surface area contributed by atoms with Crippen LogP contribution in [-0.4, -0.2) is 20.1 Å². The van der Waals surface area contributed by atoms with Crippen molar-refractivity contribution in [2.75, 3.05) is 16.4 Å². The Morgan fingerprint density at radius 2 is 1.72 bits per heavy atom. The first-order valence-corrected chi connectivity index (χ1v) is 8.19. The van der Waals surface area contributed by atoms with E-state index in [4.69, 9.17) is 11.6 Å². The number of sulfonamides is 1. The van der Waals surface area contributed by atoms with Gasteiger partial charge in [0.25, 0.3) is 0 Å². The van der Waals surface area contributed by atoms with Crippen LogP contribution in [-0.2, 0) is 10.0 Å². The van der Waals surface area contributed by atoms with Crippen molar-refractivity contribution in [2.24, 2.45) is 5.92 Å². The number of rotatable bonds is 6. The van der Waals surface area contributed by atoms with Crippen LogP contribution in [0.3, 0.4) is 0 Å². The number of benzene rings is 1. The minimum Gasteiger partial charge on any atom is -0.284 e. The third-order valence-electron chi connectivity index (χ3n) is 2.62. The van der Waals surface area contributed by atoms with Gasteiger partial charge in [0.15, 0.2) is 0 Å². The summed E-state index contributed by atoms with van der Waals surface area (Å²) < 4.78 is 26.2. The third-order valence-corrected chi connectivity index (χ3v) is 4.70. The molecule has 1 aromatic carbocycles. The molecule has 0 heterocycles. The first kappa shape index (κ1) is 15.3. The summed E-state index contributed by atoms with van der Waals surface area (Å²) in [6, 6.07) is 7.46. The predicted octanol–water partition coefficient (Wildman–Crippen LogP) is 3.43. The molecule has 102 valence electrons. The van der Waals surface area contributed by atoms with Gasteiger partial charge in [-0.1, -0.05) is 32.9 Å². The van der Waals surface area contributed by atoms with Gasteiger partial charge >= 0.3 is 0 Å². The van der Waals surface area contributed by atoms with Crippen LogP contribution in [0, 0.1) is 5.92 Å². The fourth-order valence-corrected chi connectivity index (χ4v) is 3.26. The van der Waals surface area contributed by atoms with Crippen LogP contribution < -0.4 is 4.72 Å². The van der Waals surface area contributed by atoms with E-state index in [-0.39, 0.29) is 11.7 Å². The number of alkyl halides is 1. The molecule has 0 aliphatic carbocycles. The van der Waals surface area contributed by atoms with E-state index < -0.39 is 10.0 Å². The highest BCUT2D eigenvalue weighted by atomic mass is 35.5. The van der Waals surface area contributed by atoms with Gasteiger partial charge in [-0.15, -0.1) is 11.6 Å². The molecule has 1 aromatic rings. The third kappa shape index (κ3) is 4.86. The molecule has 0 spiro atoms. The van der Waals surface area contributed by atoms with Crippen LogP contribution >= 0.6 is 11.6 Å². The van der Waals surface area contributed by atoms with E-state index in [0.717, 1.165) is 0 Å². The highest BCUT2D eigenvalue weighted by Crippen LogP contribution is 2.18. The molecule has 1 unspecified atom stereocenters. The molecule has 3 nitrogen and oxygen atoms in total. The maximum atomic E-state index is 11.8. The van der Waals surface area contributed by atoms with E-state index in [9.17, 15) is 8.42 Å². The zero-order valence-corrected chi connectivity index (χ0v) is 12.6. The predicted molar refractivity (Wildman–Crippen MR) is 77.8 cm³/mol. The average molecular weight is 290 g/mol. The summed E-state index contributed by atoms with van der Waals surface area (Å²) in [7, 11) is -3.31. The van der Waals surface area contributed by atoms with Gasteiger partial charge < -0.3 is 0 Å². The van der Waals surface area contributed by atoms with Gasteiger partial charge in [-0.25, -0.2) is 8.42 Å². The maximum Gasteiger partial charge on any atom is 0.233 e. The highest BCUT2D eigenvalue weighted by Gasteiger charge is 2.15. The topological polar surface area (TPSA) is 46.2 Å². The molecular weight excluding hydrogens is 270 g/mol. The Labute approximate surface area is 115 Å². The van der Waals surface area contributed by atoms with E-state index in [1.54, 1.807) is 12.1 Å². The fourth-order valence-electron chi connectivity index (χ4n) is 1.58. The molecule has 18 heavy (non-hydrogen) atoms. The van der Waals surface area contributed by atoms with Crippen molar-refractivity contribution >= 4 is 27.3 Å². The smallest absolute Gasteiger partial charge is 0.233 e. The molecule has 0 amide bonds. The molecule has 0 aliphatic rings. The number of hydrogen-bond acceptors (Lipinski definition) is 2. The lowest BCUT2D eigenvalue weighted by atomic mass is 10.0. The maximum absolute atomic E-state index is 11.8. The lowest BCUT2D eigenvalue weighted by molar-refractivity contribution is 0.588. The van der Waals surface area contributed by atoms with Gasteiger partial charge in [0, 0.05) is 11.6 Å². The van der Waals surface area contributed by atoms with Crippen molar-refractivity contribution in [3.8, 4) is 0 Å². The quantitative estimate of drug-likeness (QED) is 0.816. The molecule has 0 fully saturated rings. The molecule has 0 radical (unpaired) electrons. The molecule has 1 atom stereocenters. The lowest BCUT2D eigenvalue weighted by Gasteiger charge is -2.12. The van der Waals surface area contributed by atoms with Crippen molar-refractivity contribution in [3.63, 3.8) is 0 Å². The van der Waals surface area contributed by atoms with Crippen LogP contribution in [0.2, 0.25) is 0 Å². The van der Waals surface area contributed by atoms with Crippen molar-refractivity contribution in [1.82, 2.24) is 0 Å². The van der Waals surface area contributed by atoms with Gasteiger partial charge in [-0.05, 0) is 29.5 Å². The summed E-state index contributed by atoms with van der Waals surface area (Å²) in [6.07, 6.45) is 0. The fraction of sp³-hybridized carbons (Fsp3) is 0.538. The zero-order valence-electron chi connectivity index (χ0n) is 11.0. The monoisotopic (exact) mass is 289 g/mol. The number of halogens is 1. The van der Waals surface area contributed by atoms with Gasteiger partial charge in [0.2, 0.25) is 10.0 Å². The van der Waals surface area contributed by atoms with Crippen LogP contribution in [0.1, 0.15) is 32.3 Å². The lowest BCUT2D eigenvalue weighted by Crippen LogP contribution is -2.22. The Bertz CT molecular complexity index is 468. The molecule has 0 bridgehead atoms. The van der Waals surface area contributed by atoms with Crippen molar-refractivity contribution in [3.05, 3.63) is 29.8 Å². The number of anilines is 1. The molecular formula is C13H20ClNO2S. The molecule has 5 heteroatoms. The Morgan fingerprint density at radius 1 is 1.17 bits per heavy atom. The summed E-state index contributed by atoms with van der Waals surface area (Å²) in [6.45, 7) is 6.01. The van der Waals surface area contributed by atoms with Crippen molar-refractivity contribution in [1.29, 1.82) is 0 Å². The van der Waals surface area contributed by atoms with E-state index in [2.05, 4.69) is 18.6 Å². The van der Waals surface area contributed by atoms with Crippen LogP contribution in [0.5, 0.6) is 0 Å². The van der Waals surface area contributed by atoms with E-state index in [0.29, 0.717) is 17.5 Å². The largest absolute Gasteiger partial charge is 0.284 e. The zero-order chi connectivity index (χ0) is 13.8. The van der Waals surface area contributed by atoms with E-state index in [1.165, 1.54) is 5.56 Å². The molecule has 0 saturated heterocycles.